The molecular weight excluding hydrogens is 332 g/mol. The van der Waals surface area contributed by atoms with Crippen LogP contribution >= 0.6 is 11.3 Å². The highest BCUT2D eigenvalue weighted by atomic mass is 32.1. The van der Waals surface area contributed by atoms with Crippen LogP contribution in [0.25, 0.3) is 11.5 Å². The normalized spacial score (nSPS) is 12.1. The van der Waals surface area contributed by atoms with Gasteiger partial charge in [0.05, 0.1) is 18.2 Å². The monoisotopic (exact) mass is 346 g/mol. The van der Waals surface area contributed by atoms with Gasteiger partial charge in [-0.3, -0.25) is 4.98 Å². The van der Waals surface area contributed by atoms with Crippen LogP contribution in [0.1, 0.15) is 5.56 Å². The van der Waals surface area contributed by atoms with Crippen molar-refractivity contribution in [3.05, 3.63) is 89.0 Å². The van der Waals surface area contributed by atoms with Crippen LogP contribution in [0.4, 0.5) is 5.69 Å². The van der Waals surface area contributed by atoms with Crippen molar-refractivity contribution in [2.75, 3.05) is 0 Å². The average Bonchev–Trinajstić information content (AvgIpc) is 3.31. The summed E-state index contributed by atoms with van der Waals surface area (Å²) < 4.78 is 7.31. The molecule has 122 valence electrons. The molecule has 0 unspecified atom stereocenters. The van der Waals surface area contributed by atoms with Crippen molar-refractivity contribution in [2.45, 2.75) is 0 Å². The van der Waals surface area contributed by atoms with Crippen molar-refractivity contribution < 1.29 is 4.42 Å². The van der Waals surface area contributed by atoms with Crippen LogP contribution in [0.5, 0.6) is 0 Å². The van der Waals surface area contributed by atoms with E-state index in [4.69, 9.17) is 9.41 Å². The molecule has 0 amide bonds. The lowest BCUT2D eigenvalue weighted by Gasteiger charge is -2.00. The molecule has 5 nitrogen and oxygen atoms in total. The minimum absolute atomic E-state index is 0.745. The van der Waals surface area contributed by atoms with Crippen molar-refractivity contribution in [3.8, 4) is 11.5 Å². The van der Waals surface area contributed by atoms with E-state index in [1.165, 1.54) is 11.3 Å². The topological polar surface area (TPSA) is 55.7 Å². The third-order valence-electron chi connectivity index (χ3n) is 3.45. The number of rotatable bonds is 4. The number of nitrogens with zero attached hydrogens (tertiary/aromatic N) is 4. The van der Waals surface area contributed by atoms with Crippen LogP contribution in [-0.4, -0.2) is 15.9 Å². The van der Waals surface area contributed by atoms with E-state index in [0.29, 0.717) is 0 Å². The molecule has 3 heterocycles. The summed E-state index contributed by atoms with van der Waals surface area (Å²) in [5.41, 5.74) is 2.64. The summed E-state index contributed by atoms with van der Waals surface area (Å²) in [6.07, 6.45) is 6.91. The number of para-hydroxylation sites is 1. The third-order valence-corrected chi connectivity index (χ3v) is 4.26. The van der Waals surface area contributed by atoms with Crippen LogP contribution in [0.2, 0.25) is 0 Å². The summed E-state index contributed by atoms with van der Waals surface area (Å²) in [6, 6.07) is 17.4. The molecule has 0 saturated heterocycles. The molecule has 0 aliphatic carbocycles. The van der Waals surface area contributed by atoms with E-state index in [-0.39, 0.29) is 0 Å². The Morgan fingerprint density at radius 1 is 1.04 bits per heavy atom. The lowest BCUT2D eigenvalue weighted by molar-refractivity contribution is 0.575. The molecule has 25 heavy (non-hydrogen) atoms. The zero-order valence-corrected chi connectivity index (χ0v) is 14.0. The van der Waals surface area contributed by atoms with Gasteiger partial charge in [-0.1, -0.05) is 24.3 Å². The maximum atomic E-state index is 5.53. The van der Waals surface area contributed by atoms with Gasteiger partial charge in [-0.05, 0) is 30.3 Å². The average molecular weight is 346 g/mol. The van der Waals surface area contributed by atoms with Gasteiger partial charge in [0.25, 0.3) is 0 Å². The minimum atomic E-state index is 0.745. The molecule has 0 bridgehead atoms. The maximum absolute atomic E-state index is 5.53. The van der Waals surface area contributed by atoms with E-state index in [2.05, 4.69) is 10.1 Å². The standard InChI is InChI=1S/C19H14N4OS/c1-2-7-16(8-3-1)22-19-23(21-13-15-6-4-10-20-12-15)17(14-25-19)18-9-5-11-24-18/h1-14H. The van der Waals surface area contributed by atoms with Gasteiger partial charge in [0, 0.05) is 23.3 Å². The van der Waals surface area contributed by atoms with Gasteiger partial charge in [0.2, 0.25) is 4.80 Å². The Morgan fingerprint density at radius 3 is 2.72 bits per heavy atom. The SMILES string of the molecule is C(=Nn1c(-c2ccco2)csc1=Nc1ccccc1)c1cccnc1. The quantitative estimate of drug-likeness (QED) is 0.517. The first kappa shape index (κ1) is 15.3. The second-order valence-electron chi connectivity index (χ2n) is 5.17. The highest BCUT2D eigenvalue weighted by molar-refractivity contribution is 7.07. The van der Waals surface area contributed by atoms with Gasteiger partial charge in [-0.15, -0.1) is 11.3 Å². The van der Waals surface area contributed by atoms with Crippen molar-refractivity contribution in [1.29, 1.82) is 0 Å². The number of hydrogen-bond donors (Lipinski definition) is 0. The molecule has 0 saturated carbocycles. The van der Waals surface area contributed by atoms with Gasteiger partial charge < -0.3 is 4.42 Å². The molecule has 0 aliphatic rings. The highest BCUT2D eigenvalue weighted by Gasteiger charge is 2.09. The minimum Gasteiger partial charge on any atom is -0.463 e. The second-order valence-corrected chi connectivity index (χ2v) is 6.01. The number of pyridine rings is 1. The maximum Gasteiger partial charge on any atom is 0.211 e. The Balaban J connectivity index is 1.83. The molecule has 6 heteroatoms. The van der Waals surface area contributed by atoms with Crippen LogP contribution in [0, 0.1) is 0 Å². The summed E-state index contributed by atoms with van der Waals surface area (Å²) in [7, 11) is 0. The van der Waals surface area contributed by atoms with Gasteiger partial charge in [-0.2, -0.15) is 5.10 Å². The molecule has 0 fully saturated rings. The Kier molecular flexibility index (Phi) is 4.35. The summed E-state index contributed by atoms with van der Waals surface area (Å²) in [4.78, 5) is 9.56. The molecule has 0 aliphatic heterocycles. The van der Waals surface area contributed by atoms with E-state index in [1.807, 2.05) is 60.0 Å². The molecule has 0 spiro atoms. The van der Waals surface area contributed by atoms with Crippen molar-refractivity contribution in [1.82, 2.24) is 9.66 Å². The summed E-state index contributed by atoms with van der Waals surface area (Å²) >= 11 is 1.51. The first-order valence-corrected chi connectivity index (χ1v) is 8.57. The molecule has 0 atom stereocenters. The van der Waals surface area contributed by atoms with Crippen LogP contribution < -0.4 is 4.80 Å². The van der Waals surface area contributed by atoms with E-state index in [0.717, 1.165) is 27.5 Å². The lowest BCUT2D eigenvalue weighted by atomic mass is 10.3. The van der Waals surface area contributed by atoms with Crippen molar-refractivity contribution >= 4 is 23.2 Å². The third kappa shape index (κ3) is 3.49. The fourth-order valence-corrected chi connectivity index (χ4v) is 3.11. The van der Waals surface area contributed by atoms with Gasteiger partial charge in [-0.25, -0.2) is 9.67 Å². The Bertz CT molecular complexity index is 1030. The predicted molar refractivity (Wildman–Crippen MR) is 98.9 cm³/mol. The fourth-order valence-electron chi connectivity index (χ4n) is 2.27. The first-order chi connectivity index (χ1) is 12.4. The van der Waals surface area contributed by atoms with E-state index >= 15 is 0 Å². The number of hydrogen-bond acceptors (Lipinski definition) is 5. The smallest absolute Gasteiger partial charge is 0.211 e. The molecule has 0 radical (unpaired) electrons. The number of benzene rings is 1. The van der Waals surface area contributed by atoms with Gasteiger partial charge >= 0.3 is 0 Å². The molecule has 1 aromatic carbocycles. The summed E-state index contributed by atoms with van der Waals surface area (Å²) in [5, 5.41) is 6.58. The van der Waals surface area contributed by atoms with Gasteiger partial charge in [0.1, 0.15) is 5.69 Å². The Labute approximate surface area is 148 Å². The van der Waals surface area contributed by atoms with Crippen LogP contribution in [0.3, 0.4) is 0 Å². The Hall–Kier alpha value is -3.25. The highest BCUT2D eigenvalue weighted by Crippen LogP contribution is 2.21. The number of aromatic nitrogens is 2. The molecule has 3 aromatic heterocycles. The van der Waals surface area contributed by atoms with E-state index in [1.54, 1.807) is 29.5 Å². The van der Waals surface area contributed by atoms with Crippen LogP contribution in [0.15, 0.2) is 93.1 Å². The molecular formula is C19H14N4OS. The van der Waals surface area contributed by atoms with E-state index < -0.39 is 0 Å². The lowest BCUT2D eigenvalue weighted by Crippen LogP contribution is -2.11. The van der Waals surface area contributed by atoms with Gasteiger partial charge in [0.15, 0.2) is 5.76 Å². The Morgan fingerprint density at radius 2 is 1.96 bits per heavy atom. The predicted octanol–water partition coefficient (Wildman–Crippen LogP) is 4.32. The number of furan rings is 1. The zero-order valence-electron chi connectivity index (χ0n) is 13.2. The molecule has 4 rings (SSSR count). The van der Waals surface area contributed by atoms with Crippen molar-refractivity contribution in [2.24, 2.45) is 10.1 Å². The summed E-state index contributed by atoms with van der Waals surface area (Å²) in [6.45, 7) is 0. The molecule has 0 N–H and O–H groups in total. The van der Waals surface area contributed by atoms with Crippen LogP contribution in [-0.2, 0) is 0 Å². The second kappa shape index (κ2) is 7.11. The van der Waals surface area contributed by atoms with Crippen molar-refractivity contribution in [3.63, 3.8) is 0 Å². The largest absolute Gasteiger partial charge is 0.463 e. The zero-order chi connectivity index (χ0) is 16.9. The first-order valence-electron chi connectivity index (χ1n) is 7.69. The number of thiazole rings is 1. The fraction of sp³-hybridized carbons (Fsp3) is 0. The van der Waals surface area contributed by atoms with E-state index in [9.17, 15) is 0 Å². The molecule has 4 aromatic rings. The summed E-state index contributed by atoms with van der Waals surface area (Å²) in [5.74, 6) is 0.745.